The number of halogens is 2. The molecule has 1 aliphatic heterocycles. The molecule has 1 saturated heterocycles. The minimum atomic E-state index is -0.797. The van der Waals surface area contributed by atoms with Gasteiger partial charge in [0.05, 0.1) is 17.6 Å². The number of hydrogen-bond acceptors (Lipinski definition) is 3. The number of aromatic amines is 1. The molecule has 0 spiro atoms. The van der Waals surface area contributed by atoms with E-state index in [2.05, 4.69) is 14.8 Å². The number of nitrogens with one attached hydrogen (secondary N) is 1. The number of ether oxygens (including phenoxy) is 1. The van der Waals surface area contributed by atoms with Crippen LogP contribution in [0, 0.1) is 17.6 Å². The topological polar surface area (TPSA) is 80.1 Å². The fraction of sp³-hybridized carbons (Fsp3) is 0.385. The van der Waals surface area contributed by atoms with Crippen LogP contribution in [-0.2, 0) is 9.53 Å². The normalized spacial score (nSPS) is 21.6. The number of benzene rings is 2. The number of rotatable bonds is 4. The predicted molar refractivity (Wildman–Crippen MR) is 123 cm³/mol. The van der Waals surface area contributed by atoms with E-state index in [1.807, 2.05) is 6.07 Å². The van der Waals surface area contributed by atoms with Crippen molar-refractivity contribution in [2.75, 3.05) is 13.2 Å². The van der Waals surface area contributed by atoms with Gasteiger partial charge in [-0.3, -0.25) is 9.89 Å². The van der Waals surface area contributed by atoms with Gasteiger partial charge in [0.2, 0.25) is 0 Å². The zero-order chi connectivity index (χ0) is 23.4. The summed E-state index contributed by atoms with van der Waals surface area (Å²) in [5.74, 6) is -1.88. The molecular formula is C26H25F2N3O3. The third kappa shape index (κ3) is 3.31. The summed E-state index contributed by atoms with van der Waals surface area (Å²) in [5, 5.41) is 17.6. The second-order valence-corrected chi connectivity index (χ2v) is 9.46. The Labute approximate surface area is 194 Å². The van der Waals surface area contributed by atoms with Gasteiger partial charge >= 0.3 is 5.97 Å². The van der Waals surface area contributed by atoms with Crippen molar-refractivity contribution in [3.63, 3.8) is 0 Å². The first-order chi connectivity index (χ1) is 16.5. The highest BCUT2D eigenvalue weighted by Gasteiger charge is 2.38. The number of fused-ring (bicyclic) bond motifs is 2. The summed E-state index contributed by atoms with van der Waals surface area (Å²) in [6.45, 7) is 1.23. The molecule has 34 heavy (non-hydrogen) atoms. The monoisotopic (exact) mass is 465 g/mol. The van der Waals surface area contributed by atoms with Crippen molar-refractivity contribution in [1.29, 1.82) is 0 Å². The maximum Gasteiger partial charge on any atom is 0.306 e. The summed E-state index contributed by atoms with van der Waals surface area (Å²) in [6, 6.07) is 8.19. The molecule has 8 heteroatoms. The second-order valence-electron chi connectivity index (χ2n) is 9.46. The van der Waals surface area contributed by atoms with E-state index in [1.165, 1.54) is 12.1 Å². The molecule has 176 valence electrons. The van der Waals surface area contributed by atoms with Gasteiger partial charge in [-0.05, 0) is 73.9 Å². The summed E-state index contributed by atoms with van der Waals surface area (Å²) in [6.07, 6.45) is 4.93. The summed E-state index contributed by atoms with van der Waals surface area (Å²) in [4.78, 5) is 11.7. The highest BCUT2D eigenvalue weighted by Crippen LogP contribution is 2.49. The lowest BCUT2D eigenvalue weighted by molar-refractivity contribution is -0.141. The van der Waals surface area contributed by atoms with Gasteiger partial charge in [0.25, 0.3) is 0 Å². The maximum atomic E-state index is 16.1. The minimum absolute atomic E-state index is 0.0713. The zero-order valence-electron chi connectivity index (χ0n) is 18.6. The molecule has 1 aliphatic carbocycles. The Bertz CT molecular complexity index is 1390. The van der Waals surface area contributed by atoms with Crippen molar-refractivity contribution in [1.82, 2.24) is 14.8 Å². The number of nitrogens with zero attached hydrogens (tertiary/aromatic N) is 2. The van der Waals surface area contributed by atoms with E-state index in [0.29, 0.717) is 54.3 Å². The van der Waals surface area contributed by atoms with Gasteiger partial charge in [0.1, 0.15) is 11.3 Å². The first-order valence-corrected chi connectivity index (χ1v) is 11.8. The van der Waals surface area contributed by atoms with E-state index in [4.69, 9.17) is 4.74 Å². The lowest BCUT2D eigenvalue weighted by atomic mass is 9.86. The van der Waals surface area contributed by atoms with Crippen LogP contribution in [0.3, 0.4) is 0 Å². The second kappa shape index (κ2) is 8.20. The van der Waals surface area contributed by atoms with Gasteiger partial charge in [-0.2, -0.15) is 5.10 Å². The molecule has 1 saturated carbocycles. The van der Waals surface area contributed by atoms with E-state index in [0.717, 1.165) is 29.8 Å². The van der Waals surface area contributed by atoms with Crippen molar-refractivity contribution < 1.29 is 23.4 Å². The lowest BCUT2D eigenvalue weighted by Crippen LogP contribution is -2.19. The van der Waals surface area contributed by atoms with Crippen LogP contribution in [0.1, 0.15) is 55.2 Å². The minimum Gasteiger partial charge on any atom is -0.481 e. The molecule has 6 nitrogen and oxygen atoms in total. The average Bonchev–Trinajstić information content (AvgIpc) is 3.58. The quantitative estimate of drug-likeness (QED) is 0.408. The number of hydrogen-bond donors (Lipinski definition) is 2. The number of aromatic nitrogens is 3. The summed E-state index contributed by atoms with van der Waals surface area (Å²) < 4.78 is 37.6. The molecule has 2 aromatic carbocycles. The first kappa shape index (κ1) is 21.3. The van der Waals surface area contributed by atoms with Gasteiger partial charge in [0, 0.05) is 41.3 Å². The molecule has 6 rings (SSSR count). The van der Waals surface area contributed by atoms with Crippen LogP contribution in [0.15, 0.2) is 36.5 Å². The Kier molecular flexibility index (Phi) is 5.13. The Morgan fingerprint density at radius 1 is 1.09 bits per heavy atom. The molecule has 2 atom stereocenters. The van der Waals surface area contributed by atoms with Gasteiger partial charge in [-0.15, -0.1) is 0 Å². The average molecular weight is 466 g/mol. The standard InChI is InChI=1S/C26H25F2N3O3/c27-18-3-5-19(6-4-18)31-20-12-17-13-29-30-24(17)23(28)22(20)21(15-1-2-16(11-15)26(32)33)25(31)14-7-9-34-10-8-14/h3-6,12-16H,1-2,7-11H2,(H,29,30)(H,32,33)/t15-,16?/m1/s1. The molecule has 0 radical (unpaired) electrons. The summed E-state index contributed by atoms with van der Waals surface area (Å²) >= 11 is 0. The van der Waals surface area contributed by atoms with E-state index in [-0.39, 0.29) is 23.5 Å². The number of aliphatic carboxylic acids is 1. The highest BCUT2D eigenvalue weighted by molar-refractivity contribution is 6.00. The van der Waals surface area contributed by atoms with Crippen LogP contribution < -0.4 is 0 Å². The molecule has 0 bridgehead atoms. The summed E-state index contributed by atoms with van der Waals surface area (Å²) in [5.41, 5.74) is 3.70. The van der Waals surface area contributed by atoms with E-state index < -0.39 is 11.9 Å². The van der Waals surface area contributed by atoms with Crippen molar-refractivity contribution in [3.8, 4) is 5.69 Å². The number of carboxylic acids is 1. The molecule has 0 amide bonds. The maximum absolute atomic E-state index is 16.1. The van der Waals surface area contributed by atoms with Gasteiger partial charge in [-0.25, -0.2) is 8.78 Å². The molecule has 1 unspecified atom stereocenters. The van der Waals surface area contributed by atoms with E-state index in [1.54, 1.807) is 18.3 Å². The smallest absolute Gasteiger partial charge is 0.306 e. The Hall–Kier alpha value is -3.26. The summed E-state index contributed by atoms with van der Waals surface area (Å²) in [7, 11) is 0. The molecule has 2 aromatic heterocycles. The number of carbonyl (C=O) groups is 1. The van der Waals surface area contributed by atoms with Crippen LogP contribution in [0.4, 0.5) is 8.78 Å². The van der Waals surface area contributed by atoms with Crippen LogP contribution in [-0.4, -0.2) is 39.1 Å². The van der Waals surface area contributed by atoms with E-state index >= 15 is 4.39 Å². The lowest BCUT2D eigenvalue weighted by Gasteiger charge is -2.27. The fourth-order valence-electron chi connectivity index (χ4n) is 5.97. The largest absolute Gasteiger partial charge is 0.481 e. The van der Waals surface area contributed by atoms with Crippen molar-refractivity contribution >= 4 is 27.8 Å². The molecule has 2 N–H and O–H groups in total. The molecule has 4 aromatic rings. The van der Waals surface area contributed by atoms with Crippen LogP contribution in [0.2, 0.25) is 0 Å². The van der Waals surface area contributed by atoms with Crippen LogP contribution in [0.5, 0.6) is 0 Å². The van der Waals surface area contributed by atoms with E-state index in [9.17, 15) is 14.3 Å². The number of carboxylic acid groups (broad SMARTS) is 1. The third-order valence-corrected chi connectivity index (χ3v) is 7.57. The molecular weight excluding hydrogens is 440 g/mol. The van der Waals surface area contributed by atoms with Gasteiger partial charge in [-0.1, -0.05) is 0 Å². The van der Waals surface area contributed by atoms with Crippen molar-refractivity contribution in [2.24, 2.45) is 5.92 Å². The third-order valence-electron chi connectivity index (χ3n) is 7.57. The molecule has 3 heterocycles. The fourth-order valence-corrected chi connectivity index (χ4v) is 5.97. The highest BCUT2D eigenvalue weighted by atomic mass is 19.1. The predicted octanol–water partition coefficient (Wildman–Crippen LogP) is 5.65. The Morgan fingerprint density at radius 2 is 1.85 bits per heavy atom. The van der Waals surface area contributed by atoms with Gasteiger partial charge in [0.15, 0.2) is 5.82 Å². The Balaban J connectivity index is 1.69. The van der Waals surface area contributed by atoms with Crippen molar-refractivity contribution in [3.05, 3.63) is 59.4 Å². The van der Waals surface area contributed by atoms with Crippen molar-refractivity contribution in [2.45, 2.75) is 43.9 Å². The number of H-pyrrole nitrogens is 1. The zero-order valence-corrected chi connectivity index (χ0v) is 18.6. The molecule has 2 fully saturated rings. The van der Waals surface area contributed by atoms with Gasteiger partial charge < -0.3 is 14.4 Å². The van der Waals surface area contributed by atoms with Crippen LogP contribution >= 0.6 is 0 Å². The SMILES string of the molecule is O=C(O)C1CC[C@@H](c2c(C3CCOCC3)n(-c3ccc(F)cc3)c3cc4cn[nH]c4c(F)c23)C1. The molecule has 2 aliphatic rings. The Morgan fingerprint density at radius 3 is 2.56 bits per heavy atom. The van der Waals surface area contributed by atoms with Crippen LogP contribution in [0.25, 0.3) is 27.5 Å². The first-order valence-electron chi connectivity index (χ1n) is 11.8.